The molecule has 0 aromatic heterocycles. The van der Waals surface area contributed by atoms with E-state index in [-0.39, 0.29) is 13.2 Å². The van der Waals surface area contributed by atoms with E-state index in [4.69, 9.17) is 14.2 Å². The molecule has 174 valence electrons. The smallest absolute Gasteiger partial charge is 0.408 e. The van der Waals surface area contributed by atoms with E-state index in [1.807, 2.05) is 0 Å². The normalized spacial score (nSPS) is 13.8. The average Bonchev–Trinajstić information content (AvgIpc) is 2.58. The Hall–Kier alpha value is -2.17. The molecule has 11 heteroatoms. The summed E-state index contributed by atoms with van der Waals surface area (Å²) >= 11 is 0. The summed E-state index contributed by atoms with van der Waals surface area (Å²) in [5.41, 5.74) is -0.817. The highest BCUT2D eigenvalue weighted by Gasteiger charge is 2.48. The average molecular weight is 452 g/mol. The zero-order valence-electron chi connectivity index (χ0n) is 18.9. The molecular weight excluding hydrogens is 418 g/mol. The third kappa shape index (κ3) is 8.68. The Bertz CT molecular complexity index is 637. The lowest BCUT2D eigenvalue weighted by Crippen LogP contribution is -2.52. The molecule has 10 nitrogen and oxygen atoms in total. The fourth-order valence-electron chi connectivity index (χ4n) is 2.37. The van der Waals surface area contributed by atoms with Crippen molar-refractivity contribution in [3.05, 3.63) is 0 Å². The highest BCUT2D eigenvalue weighted by Crippen LogP contribution is 2.28. The van der Waals surface area contributed by atoms with Crippen molar-refractivity contribution >= 4 is 34.8 Å². The van der Waals surface area contributed by atoms with E-state index < -0.39 is 62.9 Å². The molecule has 30 heavy (non-hydrogen) atoms. The lowest BCUT2D eigenvalue weighted by molar-refractivity contribution is -0.162. The largest absolute Gasteiger partial charge is 0.467 e. The number of hydrogen-bond donors (Lipinski definition) is 1. The summed E-state index contributed by atoms with van der Waals surface area (Å²) in [5.74, 6) is -4.53. The summed E-state index contributed by atoms with van der Waals surface area (Å²) in [4.78, 5) is 48.9. The Morgan fingerprint density at radius 1 is 0.900 bits per heavy atom. The van der Waals surface area contributed by atoms with Crippen molar-refractivity contribution in [3.63, 3.8) is 0 Å². The minimum absolute atomic E-state index is 0.0163. The number of carbonyl (C=O) groups excluding carboxylic acids is 4. The van der Waals surface area contributed by atoms with Crippen LogP contribution in [-0.2, 0) is 44.1 Å². The molecule has 0 aliphatic carbocycles. The molecule has 1 unspecified atom stereocenters. The van der Waals surface area contributed by atoms with E-state index >= 15 is 0 Å². The molecule has 1 N–H and O–H groups in total. The van der Waals surface area contributed by atoms with E-state index in [0.29, 0.717) is 0 Å². The molecule has 0 rings (SSSR count). The fraction of sp³-hybridized carbons (Fsp3) is 0.789. The maximum absolute atomic E-state index is 13.1. The van der Waals surface area contributed by atoms with Gasteiger partial charge in [-0.15, -0.1) is 0 Å². The van der Waals surface area contributed by atoms with Crippen LogP contribution >= 0.6 is 0 Å². The molecule has 0 aliphatic heterocycles. The van der Waals surface area contributed by atoms with Crippen molar-refractivity contribution in [1.29, 1.82) is 0 Å². The fourth-order valence-corrected chi connectivity index (χ4v) is 3.78. The Labute approximate surface area is 179 Å². The van der Waals surface area contributed by atoms with Crippen LogP contribution in [0.1, 0.15) is 48.5 Å². The molecule has 0 bridgehead atoms. The Kier molecular flexibility index (Phi) is 11.0. The zero-order chi connectivity index (χ0) is 23.7. The number of amides is 1. The lowest BCUT2D eigenvalue weighted by atomic mass is 9.95. The Morgan fingerprint density at radius 3 is 1.73 bits per heavy atom. The number of nitrogens with one attached hydrogen (secondary N) is 1. The van der Waals surface area contributed by atoms with E-state index in [2.05, 4.69) is 10.1 Å². The molecule has 0 spiro atoms. The van der Waals surface area contributed by atoms with Gasteiger partial charge in [0.1, 0.15) is 11.6 Å². The number of esters is 3. The predicted molar refractivity (Wildman–Crippen MR) is 109 cm³/mol. The summed E-state index contributed by atoms with van der Waals surface area (Å²) in [6.07, 6.45) is -0.903. The standard InChI is InChI=1S/C19H33NO9S/c1-9-27-15(22)13(16(23)28-10-2)19(6,7)30(25)11-12(14(21)26-8)20-17(24)29-18(3,4)5/h12-13H,9-11H2,1-8H3,(H,20,24)/t12-,30?/m0/s1. The first kappa shape index (κ1) is 27.8. The highest BCUT2D eigenvalue weighted by molar-refractivity contribution is 7.86. The Morgan fingerprint density at radius 2 is 1.37 bits per heavy atom. The summed E-state index contributed by atoms with van der Waals surface area (Å²) in [5, 5.41) is 2.31. The van der Waals surface area contributed by atoms with Crippen molar-refractivity contribution < 1.29 is 42.3 Å². The van der Waals surface area contributed by atoms with Gasteiger partial charge in [-0.1, -0.05) is 0 Å². The van der Waals surface area contributed by atoms with Crippen LogP contribution < -0.4 is 5.32 Å². The molecule has 2 atom stereocenters. The van der Waals surface area contributed by atoms with Gasteiger partial charge in [0.05, 0.1) is 30.8 Å². The van der Waals surface area contributed by atoms with Gasteiger partial charge in [-0.3, -0.25) is 13.8 Å². The molecule has 0 saturated carbocycles. The number of alkyl carbamates (subject to hydrolysis) is 1. The quantitative estimate of drug-likeness (QED) is 0.296. The molecule has 0 aliphatic rings. The molecule has 0 aromatic rings. The second kappa shape index (κ2) is 11.9. The molecule has 0 radical (unpaired) electrons. The van der Waals surface area contributed by atoms with Crippen molar-refractivity contribution in [2.45, 2.75) is 64.9 Å². The summed E-state index contributed by atoms with van der Waals surface area (Å²) in [6, 6.07) is -1.32. The molecule has 1 amide bonds. The first-order chi connectivity index (χ1) is 13.7. The van der Waals surface area contributed by atoms with Gasteiger partial charge in [-0.25, -0.2) is 9.59 Å². The van der Waals surface area contributed by atoms with Crippen LogP contribution in [0.15, 0.2) is 0 Å². The first-order valence-corrected chi connectivity index (χ1v) is 10.8. The van der Waals surface area contributed by atoms with Gasteiger partial charge in [-0.05, 0) is 48.5 Å². The van der Waals surface area contributed by atoms with Crippen molar-refractivity contribution in [3.8, 4) is 0 Å². The summed E-state index contributed by atoms with van der Waals surface area (Å²) < 4.78 is 31.3. The molecular formula is C19H33NO9S. The van der Waals surface area contributed by atoms with Crippen LogP contribution in [0.4, 0.5) is 4.79 Å². The van der Waals surface area contributed by atoms with Gasteiger partial charge in [0.15, 0.2) is 5.92 Å². The summed E-state index contributed by atoms with van der Waals surface area (Å²) in [6.45, 7) is 10.9. The number of methoxy groups -OCH3 is 1. The minimum atomic E-state index is -1.97. The lowest BCUT2D eigenvalue weighted by Gasteiger charge is -2.31. The third-order valence-electron chi connectivity index (χ3n) is 3.82. The van der Waals surface area contributed by atoms with Gasteiger partial charge in [-0.2, -0.15) is 0 Å². The van der Waals surface area contributed by atoms with Crippen molar-refractivity contribution in [1.82, 2.24) is 5.32 Å². The van der Waals surface area contributed by atoms with Gasteiger partial charge >= 0.3 is 24.0 Å². The van der Waals surface area contributed by atoms with Gasteiger partial charge in [0, 0.05) is 10.8 Å². The second-order valence-electron chi connectivity index (χ2n) is 7.77. The molecule has 0 saturated heterocycles. The van der Waals surface area contributed by atoms with Crippen LogP contribution in [0.25, 0.3) is 0 Å². The number of hydrogen-bond acceptors (Lipinski definition) is 9. The van der Waals surface area contributed by atoms with Crippen LogP contribution in [0, 0.1) is 5.92 Å². The monoisotopic (exact) mass is 451 g/mol. The predicted octanol–water partition coefficient (Wildman–Crippen LogP) is 1.32. The molecule has 0 aromatic carbocycles. The number of carbonyl (C=O) groups is 4. The van der Waals surface area contributed by atoms with Crippen LogP contribution in [0.3, 0.4) is 0 Å². The van der Waals surface area contributed by atoms with Crippen LogP contribution in [0.2, 0.25) is 0 Å². The van der Waals surface area contributed by atoms with Crippen LogP contribution in [-0.4, -0.2) is 70.7 Å². The summed E-state index contributed by atoms with van der Waals surface area (Å²) in [7, 11) is -0.862. The van der Waals surface area contributed by atoms with Gasteiger partial charge in [0.25, 0.3) is 0 Å². The Balaban J connectivity index is 5.68. The third-order valence-corrected chi connectivity index (χ3v) is 5.87. The SMILES string of the molecule is CCOC(=O)C(C(=O)OCC)C(C)(C)S(=O)C[C@H](NC(=O)OC(C)(C)C)C(=O)OC. The van der Waals surface area contributed by atoms with Gasteiger partial charge < -0.3 is 24.3 Å². The highest BCUT2D eigenvalue weighted by atomic mass is 32.2. The maximum Gasteiger partial charge on any atom is 0.408 e. The van der Waals surface area contributed by atoms with Gasteiger partial charge in [0.2, 0.25) is 0 Å². The van der Waals surface area contributed by atoms with E-state index in [0.717, 1.165) is 7.11 Å². The van der Waals surface area contributed by atoms with E-state index in [1.54, 1.807) is 34.6 Å². The maximum atomic E-state index is 13.1. The topological polar surface area (TPSA) is 134 Å². The number of rotatable bonds is 10. The van der Waals surface area contributed by atoms with Crippen molar-refractivity contribution in [2.75, 3.05) is 26.1 Å². The first-order valence-electron chi connectivity index (χ1n) is 9.50. The minimum Gasteiger partial charge on any atom is -0.467 e. The molecule has 0 fully saturated rings. The number of ether oxygens (including phenoxy) is 4. The molecule has 0 heterocycles. The van der Waals surface area contributed by atoms with E-state index in [1.165, 1.54) is 13.8 Å². The van der Waals surface area contributed by atoms with Crippen LogP contribution in [0.5, 0.6) is 0 Å². The second-order valence-corrected chi connectivity index (χ2v) is 9.85. The zero-order valence-corrected chi connectivity index (χ0v) is 19.7. The van der Waals surface area contributed by atoms with E-state index in [9.17, 15) is 23.4 Å². The van der Waals surface area contributed by atoms with Crippen molar-refractivity contribution in [2.24, 2.45) is 5.92 Å².